The average Bonchev–Trinajstić information content (AvgIpc) is 2.61. The third-order valence-corrected chi connectivity index (χ3v) is 3.76. The van der Waals surface area contributed by atoms with E-state index in [4.69, 9.17) is 4.74 Å². The van der Waals surface area contributed by atoms with Crippen LogP contribution in [-0.4, -0.2) is 25.2 Å². The Morgan fingerprint density at radius 2 is 1.70 bits per heavy atom. The highest BCUT2D eigenvalue weighted by Crippen LogP contribution is 2.33. The van der Waals surface area contributed by atoms with Gasteiger partial charge in [-0.2, -0.15) is 0 Å². The molecule has 0 aliphatic carbocycles. The van der Waals surface area contributed by atoms with Crippen LogP contribution in [0.1, 0.15) is 6.42 Å². The van der Waals surface area contributed by atoms with Crippen molar-refractivity contribution in [3.63, 3.8) is 0 Å². The van der Waals surface area contributed by atoms with Crippen molar-refractivity contribution in [1.82, 2.24) is 10.3 Å². The van der Waals surface area contributed by atoms with Crippen LogP contribution in [0.2, 0.25) is 0 Å². The Kier molecular flexibility index (Phi) is 4.74. The summed E-state index contributed by atoms with van der Waals surface area (Å²) < 4.78 is 6.05. The first-order valence-corrected chi connectivity index (χ1v) is 7.79. The Hall–Kier alpha value is -2.59. The molecule has 0 amide bonds. The van der Waals surface area contributed by atoms with Gasteiger partial charge in [0.05, 0.1) is 17.7 Å². The Morgan fingerprint density at radius 1 is 1.00 bits per heavy atom. The predicted molar refractivity (Wildman–Crippen MR) is 94.0 cm³/mol. The first-order valence-electron chi connectivity index (χ1n) is 7.79. The van der Waals surface area contributed by atoms with Gasteiger partial charge < -0.3 is 15.0 Å². The van der Waals surface area contributed by atoms with Gasteiger partial charge in [0.25, 0.3) is 5.56 Å². The van der Waals surface area contributed by atoms with Gasteiger partial charge in [0, 0.05) is 10.9 Å². The van der Waals surface area contributed by atoms with E-state index in [9.17, 15) is 4.79 Å². The number of rotatable bonds is 6. The number of nitrogens with one attached hydrogen (secondary N) is 2. The molecular formula is C19H20N2O2. The second kappa shape index (κ2) is 7.11. The lowest BCUT2D eigenvalue weighted by Crippen LogP contribution is -2.14. The van der Waals surface area contributed by atoms with Crippen LogP contribution in [0.25, 0.3) is 22.0 Å². The Balaban J connectivity index is 2.12. The highest BCUT2D eigenvalue weighted by atomic mass is 16.5. The summed E-state index contributed by atoms with van der Waals surface area (Å²) in [7, 11) is 1.92. The summed E-state index contributed by atoms with van der Waals surface area (Å²) >= 11 is 0. The summed E-state index contributed by atoms with van der Waals surface area (Å²) in [5, 5.41) is 4.60. The van der Waals surface area contributed by atoms with E-state index in [1.807, 2.05) is 61.6 Å². The predicted octanol–water partition coefficient (Wildman–Crippen LogP) is 3.18. The molecule has 0 saturated carbocycles. The van der Waals surface area contributed by atoms with Crippen LogP contribution in [0.5, 0.6) is 5.75 Å². The Labute approximate surface area is 135 Å². The molecule has 2 aromatic carbocycles. The number of fused-ring (bicyclic) bond motifs is 1. The van der Waals surface area contributed by atoms with Crippen LogP contribution >= 0.6 is 0 Å². The lowest BCUT2D eigenvalue weighted by Gasteiger charge is -2.14. The van der Waals surface area contributed by atoms with Gasteiger partial charge in [-0.3, -0.25) is 4.79 Å². The van der Waals surface area contributed by atoms with Crippen molar-refractivity contribution < 1.29 is 4.74 Å². The second-order valence-electron chi connectivity index (χ2n) is 5.38. The fourth-order valence-corrected chi connectivity index (χ4v) is 2.63. The van der Waals surface area contributed by atoms with Crippen molar-refractivity contribution in [2.75, 3.05) is 20.2 Å². The maximum Gasteiger partial charge on any atom is 0.256 e. The van der Waals surface area contributed by atoms with Crippen molar-refractivity contribution in [3.8, 4) is 17.0 Å². The normalized spacial score (nSPS) is 10.8. The summed E-state index contributed by atoms with van der Waals surface area (Å²) in [6.07, 6.45) is 0.901. The Bertz CT molecular complexity index is 841. The van der Waals surface area contributed by atoms with E-state index in [0.29, 0.717) is 12.0 Å². The largest absolute Gasteiger partial charge is 0.491 e. The number of aromatic amines is 1. The average molecular weight is 308 g/mol. The lowest BCUT2D eigenvalue weighted by molar-refractivity contribution is 0.313. The zero-order valence-corrected chi connectivity index (χ0v) is 13.1. The van der Waals surface area contributed by atoms with E-state index in [1.54, 1.807) is 0 Å². The molecule has 1 aromatic heterocycles. The molecule has 2 N–H and O–H groups in total. The van der Waals surface area contributed by atoms with Gasteiger partial charge in [0.15, 0.2) is 5.75 Å². The molecule has 3 aromatic rings. The van der Waals surface area contributed by atoms with E-state index >= 15 is 0 Å². The Morgan fingerprint density at radius 3 is 2.43 bits per heavy atom. The molecule has 4 nitrogen and oxygen atoms in total. The number of ether oxygens (including phenoxy) is 1. The molecule has 118 valence electrons. The topological polar surface area (TPSA) is 54.1 Å². The summed E-state index contributed by atoms with van der Waals surface area (Å²) in [6, 6.07) is 17.4. The molecule has 0 unspecified atom stereocenters. The van der Waals surface area contributed by atoms with Crippen LogP contribution in [0.15, 0.2) is 59.4 Å². The van der Waals surface area contributed by atoms with Crippen LogP contribution in [0.4, 0.5) is 0 Å². The maximum atomic E-state index is 12.4. The highest BCUT2D eigenvalue weighted by molar-refractivity contribution is 5.92. The molecule has 1 heterocycles. The minimum Gasteiger partial charge on any atom is -0.491 e. The molecule has 3 rings (SSSR count). The number of benzene rings is 2. The summed E-state index contributed by atoms with van der Waals surface area (Å²) in [5.41, 5.74) is 1.58. The molecule has 0 atom stereocenters. The van der Waals surface area contributed by atoms with Crippen LogP contribution in [0, 0.1) is 0 Å². The standard InChI is InChI=1S/C19H20N2O2/c1-20-12-7-13-23-18-15-10-5-6-11-16(15)19(22)21-17(18)14-8-3-2-4-9-14/h2-6,8-11,20H,7,12-13H2,1H3,(H,21,22). The van der Waals surface area contributed by atoms with E-state index in [2.05, 4.69) is 10.3 Å². The molecule has 0 saturated heterocycles. The minimum atomic E-state index is -0.0953. The molecule has 0 spiro atoms. The van der Waals surface area contributed by atoms with Gasteiger partial charge in [-0.1, -0.05) is 48.5 Å². The molecule has 23 heavy (non-hydrogen) atoms. The maximum absolute atomic E-state index is 12.4. The quantitative estimate of drug-likeness (QED) is 0.688. The first-order chi connectivity index (χ1) is 11.3. The van der Waals surface area contributed by atoms with E-state index in [1.165, 1.54) is 0 Å². The van der Waals surface area contributed by atoms with Crippen molar-refractivity contribution in [2.45, 2.75) is 6.42 Å². The zero-order chi connectivity index (χ0) is 16.1. The monoisotopic (exact) mass is 308 g/mol. The van der Waals surface area contributed by atoms with Crippen LogP contribution in [0.3, 0.4) is 0 Å². The number of H-pyrrole nitrogens is 1. The van der Waals surface area contributed by atoms with E-state index in [0.717, 1.165) is 35.4 Å². The number of hydrogen-bond donors (Lipinski definition) is 2. The number of aromatic nitrogens is 1. The van der Waals surface area contributed by atoms with Gasteiger partial charge in [-0.15, -0.1) is 0 Å². The first kappa shape index (κ1) is 15.3. The number of hydrogen-bond acceptors (Lipinski definition) is 3. The number of pyridine rings is 1. The second-order valence-corrected chi connectivity index (χ2v) is 5.38. The molecule has 0 bridgehead atoms. The van der Waals surface area contributed by atoms with Gasteiger partial charge >= 0.3 is 0 Å². The minimum absolute atomic E-state index is 0.0953. The summed E-state index contributed by atoms with van der Waals surface area (Å²) in [6.45, 7) is 1.48. The molecular weight excluding hydrogens is 288 g/mol. The van der Waals surface area contributed by atoms with Crippen molar-refractivity contribution in [2.24, 2.45) is 0 Å². The van der Waals surface area contributed by atoms with Gasteiger partial charge in [0.2, 0.25) is 0 Å². The lowest BCUT2D eigenvalue weighted by atomic mass is 10.1. The smallest absolute Gasteiger partial charge is 0.256 e. The zero-order valence-electron chi connectivity index (χ0n) is 13.1. The van der Waals surface area contributed by atoms with Crippen molar-refractivity contribution in [3.05, 3.63) is 65.0 Å². The van der Waals surface area contributed by atoms with Gasteiger partial charge in [-0.25, -0.2) is 0 Å². The SMILES string of the molecule is CNCCCOc1c(-c2ccccc2)[nH]c(=O)c2ccccc12. The third-order valence-electron chi connectivity index (χ3n) is 3.76. The van der Waals surface area contributed by atoms with Gasteiger partial charge in [-0.05, 0) is 26.1 Å². The van der Waals surface area contributed by atoms with E-state index in [-0.39, 0.29) is 5.56 Å². The van der Waals surface area contributed by atoms with Crippen LogP contribution < -0.4 is 15.6 Å². The molecule has 0 aliphatic rings. The molecule has 0 fully saturated rings. The summed E-state index contributed by atoms with van der Waals surface area (Å²) in [5.74, 6) is 0.738. The molecule has 0 aliphatic heterocycles. The highest BCUT2D eigenvalue weighted by Gasteiger charge is 2.14. The van der Waals surface area contributed by atoms with Crippen molar-refractivity contribution >= 4 is 10.8 Å². The fraction of sp³-hybridized carbons (Fsp3) is 0.211. The molecule has 0 radical (unpaired) electrons. The summed E-state index contributed by atoms with van der Waals surface area (Å²) in [4.78, 5) is 15.4. The van der Waals surface area contributed by atoms with Crippen molar-refractivity contribution in [1.29, 1.82) is 0 Å². The fourth-order valence-electron chi connectivity index (χ4n) is 2.63. The van der Waals surface area contributed by atoms with Crippen LogP contribution in [-0.2, 0) is 0 Å². The molecule has 4 heteroatoms. The van der Waals surface area contributed by atoms with Gasteiger partial charge in [0.1, 0.15) is 0 Å². The van der Waals surface area contributed by atoms with E-state index < -0.39 is 0 Å². The third kappa shape index (κ3) is 3.27.